The molecule has 0 bridgehead atoms. The predicted octanol–water partition coefficient (Wildman–Crippen LogP) is 5.54. The third kappa shape index (κ3) is 6.91. The maximum atomic E-state index is 12.7. The first kappa shape index (κ1) is 27.6. The van der Waals surface area contributed by atoms with Crippen molar-refractivity contribution in [2.75, 3.05) is 5.32 Å². The van der Waals surface area contributed by atoms with Crippen LogP contribution in [-0.4, -0.2) is 42.8 Å². The molecule has 10 heteroatoms. The highest BCUT2D eigenvalue weighted by Gasteiger charge is 2.25. The van der Waals surface area contributed by atoms with Gasteiger partial charge in [-0.3, -0.25) is 9.59 Å². The van der Waals surface area contributed by atoms with Crippen LogP contribution in [0.4, 0.5) is 5.69 Å². The van der Waals surface area contributed by atoms with Crippen LogP contribution >= 0.6 is 11.8 Å². The summed E-state index contributed by atoms with van der Waals surface area (Å²) in [4.78, 5) is 36.2. The van der Waals surface area contributed by atoms with Crippen LogP contribution in [0.1, 0.15) is 62.7 Å². The number of nitrogens with zero attached hydrogens (tertiary/aromatic N) is 3. The fourth-order valence-electron chi connectivity index (χ4n) is 4.02. The van der Waals surface area contributed by atoms with Gasteiger partial charge in [0.25, 0.3) is 5.91 Å². The monoisotopic (exact) mass is 544 g/mol. The fourth-order valence-corrected chi connectivity index (χ4v) is 5.01. The first-order chi connectivity index (χ1) is 18.9. The molecule has 0 fully saturated rings. The second-order valence-electron chi connectivity index (χ2n) is 8.84. The minimum absolute atomic E-state index is 0.0703. The number of hydrogen-bond acceptors (Lipinski definition) is 6. The molecule has 1 amide bonds. The molecule has 9 nitrogen and oxygen atoms in total. The maximum Gasteiger partial charge on any atom is 0.336 e. The lowest BCUT2D eigenvalue weighted by molar-refractivity contribution is -0.136. The molecule has 39 heavy (non-hydrogen) atoms. The number of thioether (sulfide) groups is 1. The average molecular weight is 545 g/mol. The summed E-state index contributed by atoms with van der Waals surface area (Å²) in [6, 6.07) is 22.2. The number of nitrogens with one attached hydrogen (secondary N) is 1. The van der Waals surface area contributed by atoms with Crippen LogP contribution in [0.5, 0.6) is 0 Å². The van der Waals surface area contributed by atoms with Crippen molar-refractivity contribution in [2.45, 2.75) is 43.1 Å². The third-order valence-electron chi connectivity index (χ3n) is 6.05. The molecule has 200 valence electrons. The van der Waals surface area contributed by atoms with Gasteiger partial charge in [0.1, 0.15) is 11.1 Å². The van der Waals surface area contributed by atoms with Gasteiger partial charge in [-0.05, 0) is 41.8 Å². The third-order valence-corrected chi connectivity index (χ3v) is 7.27. The minimum Gasteiger partial charge on any atom is -0.480 e. The van der Waals surface area contributed by atoms with E-state index in [2.05, 4.69) is 22.4 Å². The minimum atomic E-state index is -1.17. The number of aromatic nitrogens is 3. The maximum absolute atomic E-state index is 12.7. The molecule has 1 heterocycles. The van der Waals surface area contributed by atoms with Gasteiger partial charge in [-0.2, -0.15) is 0 Å². The quantitative estimate of drug-likeness (QED) is 0.198. The number of carboxylic acid groups (broad SMARTS) is 2. The largest absolute Gasteiger partial charge is 0.480 e. The number of rotatable bonds is 12. The van der Waals surface area contributed by atoms with Crippen molar-refractivity contribution < 1.29 is 24.6 Å². The summed E-state index contributed by atoms with van der Waals surface area (Å²) < 4.78 is 1.94. The number of carboxylic acids is 2. The van der Waals surface area contributed by atoms with Crippen molar-refractivity contribution in [3.05, 3.63) is 107 Å². The topological polar surface area (TPSA) is 134 Å². The first-order valence-corrected chi connectivity index (χ1v) is 13.3. The van der Waals surface area contributed by atoms with Crippen LogP contribution in [0.25, 0.3) is 0 Å². The number of aryl methyl sites for hydroxylation is 1. The van der Waals surface area contributed by atoms with Gasteiger partial charge in [-0.25, -0.2) is 4.79 Å². The summed E-state index contributed by atoms with van der Waals surface area (Å²) in [6.07, 6.45) is 2.62. The summed E-state index contributed by atoms with van der Waals surface area (Å²) in [5, 5.41) is 30.4. The SMILES string of the molecule is CCCCc1nnc(SC(C(=O)O)c2ccccc2)n1Cc1ccc(NC(=O)c2ccccc2C(=O)O)cc1. The molecule has 0 aliphatic carbocycles. The van der Waals surface area contributed by atoms with Crippen LogP contribution in [-0.2, 0) is 17.8 Å². The van der Waals surface area contributed by atoms with Gasteiger partial charge >= 0.3 is 11.9 Å². The van der Waals surface area contributed by atoms with Crippen molar-refractivity contribution in [2.24, 2.45) is 0 Å². The van der Waals surface area contributed by atoms with E-state index in [0.29, 0.717) is 29.4 Å². The van der Waals surface area contributed by atoms with Crippen molar-refractivity contribution in [1.29, 1.82) is 0 Å². The predicted molar refractivity (Wildman–Crippen MR) is 148 cm³/mol. The number of aliphatic carboxylic acids is 1. The van der Waals surface area contributed by atoms with Gasteiger partial charge in [0.05, 0.1) is 17.7 Å². The Balaban J connectivity index is 1.54. The summed E-state index contributed by atoms with van der Waals surface area (Å²) in [5.74, 6) is -1.87. The van der Waals surface area contributed by atoms with Crippen LogP contribution in [0.2, 0.25) is 0 Å². The van der Waals surface area contributed by atoms with Crippen molar-refractivity contribution >= 4 is 35.3 Å². The molecule has 0 aliphatic heterocycles. The number of anilines is 1. The highest BCUT2D eigenvalue weighted by molar-refractivity contribution is 8.00. The number of carbonyl (C=O) groups excluding carboxylic acids is 1. The van der Waals surface area contributed by atoms with Gasteiger partial charge in [-0.1, -0.05) is 79.7 Å². The van der Waals surface area contributed by atoms with E-state index < -0.39 is 23.1 Å². The lowest BCUT2D eigenvalue weighted by Gasteiger charge is -2.15. The standard InChI is InChI=1S/C29H28N4O5S/c1-2-3-13-24-31-32-29(39-25(28(37)38)20-9-5-4-6-10-20)33(24)18-19-14-16-21(17-15-19)30-26(34)22-11-7-8-12-23(22)27(35)36/h4-12,14-17,25H,2-3,13,18H2,1H3,(H,30,34)(H,35,36)(H,37,38). The van der Waals surface area contributed by atoms with Gasteiger partial charge < -0.3 is 20.1 Å². The fraction of sp³-hybridized carbons (Fsp3) is 0.207. The van der Waals surface area contributed by atoms with E-state index in [1.54, 1.807) is 36.4 Å². The van der Waals surface area contributed by atoms with Crippen LogP contribution < -0.4 is 5.32 Å². The van der Waals surface area contributed by atoms with Gasteiger partial charge in [0, 0.05) is 12.1 Å². The molecule has 1 aromatic heterocycles. The number of hydrogen-bond donors (Lipinski definition) is 3. The number of carbonyl (C=O) groups is 3. The molecular weight excluding hydrogens is 516 g/mol. The average Bonchev–Trinajstić information content (AvgIpc) is 3.32. The molecule has 0 saturated heterocycles. The van der Waals surface area contributed by atoms with E-state index in [-0.39, 0.29) is 11.1 Å². The Kier molecular flexibility index (Phi) is 9.11. The summed E-state index contributed by atoms with van der Waals surface area (Å²) >= 11 is 1.15. The second kappa shape index (κ2) is 12.9. The smallest absolute Gasteiger partial charge is 0.336 e. The zero-order valence-corrected chi connectivity index (χ0v) is 22.1. The van der Waals surface area contributed by atoms with Crippen molar-refractivity contribution in [3.8, 4) is 0 Å². The highest BCUT2D eigenvalue weighted by Crippen LogP contribution is 2.35. The molecular formula is C29H28N4O5S. The van der Waals surface area contributed by atoms with E-state index in [1.165, 1.54) is 12.1 Å². The van der Waals surface area contributed by atoms with Crippen molar-refractivity contribution in [3.63, 3.8) is 0 Å². The molecule has 1 unspecified atom stereocenters. The van der Waals surface area contributed by atoms with Crippen LogP contribution in [0, 0.1) is 0 Å². The number of aromatic carboxylic acids is 1. The molecule has 3 N–H and O–H groups in total. The van der Waals surface area contributed by atoms with E-state index in [0.717, 1.165) is 36.0 Å². The van der Waals surface area contributed by atoms with E-state index in [9.17, 15) is 24.6 Å². The van der Waals surface area contributed by atoms with E-state index >= 15 is 0 Å². The molecule has 0 saturated carbocycles. The number of benzene rings is 3. The van der Waals surface area contributed by atoms with Crippen molar-refractivity contribution in [1.82, 2.24) is 14.8 Å². The Hall–Kier alpha value is -4.44. The Morgan fingerprint density at radius 2 is 1.56 bits per heavy atom. The Morgan fingerprint density at radius 1 is 0.897 bits per heavy atom. The van der Waals surface area contributed by atoms with Crippen LogP contribution in [0.15, 0.2) is 84.0 Å². The molecule has 0 radical (unpaired) electrons. The Labute approximate surface area is 229 Å². The summed E-state index contributed by atoms with van der Waals surface area (Å²) in [5.41, 5.74) is 2.10. The van der Waals surface area contributed by atoms with E-state index in [4.69, 9.17) is 0 Å². The normalized spacial score (nSPS) is 11.6. The first-order valence-electron chi connectivity index (χ1n) is 12.5. The van der Waals surface area contributed by atoms with Gasteiger partial charge in [0.15, 0.2) is 5.16 Å². The lowest BCUT2D eigenvalue weighted by Crippen LogP contribution is -2.16. The molecule has 3 aromatic carbocycles. The zero-order chi connectivity index (χ0) is 27.8. The number of unbranched alkanes of at least 4 members (excludes halogenated alkanes) is 1. The summed E-state index contributed by atoms with van der Waals surface area (Å²) in [7, 11) is 0. The Morgan fingerprint density at radius 3 is 2.21 bits per heavy atom. The van der Waals surface area contributed by atoms with Crippen LogP contribution in [0.3, 0.4) is 0 Å². The van der Waals surface area contributed by atoms with Gasteiger partial charge in [-0.15, -0.1) is 10.2 Å². The molecule has 4 aromatic rings. The molecule has 1 atom stereocenters. The van der Waals surface area contributed by atoms with Gasteiger partial charge in [0.2, 0.25) is 0 Å². The molecule has 4 rings (SSSR count). The molecule has 0 aliphatic rings. The zero-order valence-electron chi connectivity index (χ0n) is 21.3. The number of amides is 1. The lowest BCUT2D eigenvalue weighted by atomic mass is 10.1. The van der Waals surface area contributed by atoms with E-state index in [1.807, 2.05) is 34.9 Å². The second-order valence-corrected chi connectivity index (χ2v) is 9.91. The Bertz CT molecular complexity index is 1450. The summed E-state index contributed by atoms with van der Waals surface area (Å²) in [6.45, 7) is 2.51. The molecule has 0 spiro atoms. The highest BCUT2D eigenvalue weighted by atomic mass is 32.2.